The van der Waals surface area contributed by atoms with Crippen LogP contribution in [-0.4, -0.2) is 24.4 Å². The van der Waals surface area contributed by atoms with E-state index in [9.17, 15) is 14.4 Å². The zero-order valence-corrected chi connectivity index (χ0v) is 12.3. The molecule has 0 fully saturated rings. The Morgan fingerprint density at radius 3 is 2.67 bits per heavy atom. The van der Waals surface area contributed by atoms with Gasteiger partial charge in [0.15, 0.2) is 12.4 Å². The normalized spacial score (nSPS) is 10.2. The highest BCUT2D eigenvalue weighted by molar-refractivity contribution is 5.93. The number of pyridine rings is 1. The van der Waals surface area contributed by atoms with Crippen LogP contribution in [0.25, 0.3) is 0 Å². The molecule has 7 nitrogen and oxygen atoms in total. The molecule has 0 aliphatic carbocycles. The van der Waals surface area contributed by atoms with Crippen molar-refractivity contribution in [2.24, 2.45) is 11.7 Å². The van der Waals surface area contributed by atoms with Gasteiger partial charge in [-0.25, -0.2) is 4.79 Å². The van der Waals surface area contributed by atoms with Crippen LogP contribution in [0.1, 0.15) is 30.6 Å². The quantitative estimate of drug-likeness (QED) is 0.640. The number of nitrogens with zero attached hydrogens (tertiary/aromatic N) is 1. The summed E-state index contributed by atoms with van der Waals surface area (Å²) in [6, 6.07) is 2.64. The number of nitrogens with two attached hydrogens (primary N) is 1. The predicted octanol–water partition coefficient (Wildman–Crippen LogP) is -0.0551. The Morgan fingerprint density at radius 1 is 1.33 bits per heavy atom. The van der Waals surface area contributed by atoms with Gasteiger partial charge < -0.3 is 11.1 Å². The molecule has 1 rings (SSSR count). The van der Waals surface area contributed by atoms with E-state index < -0.39 is 17.8 Å². The largest absolute Gasteiger partial charge is 0.365 e. The molecule has 1 heterocycles. The Kier molecular flexibility index (Phi) is 6.32. The average Bonchev–Trinajstić information content (AvgIpc) is 2.38. The van der Waals surface area contributed by atoms with Crippen molar-refractivity contribution >= 4 is 17.8 Å². The highest BCUT2D eigenvalue weighted by atomic mass is 16.2. The van der Waals surface area contributed by atoms with Gasteiger partial charge in [-0.3, -0.25) is 14.9 Å². The van der Waals surface area contributed by atoms with Crippen LogP contribution >= 0.6 is 0 Å². The molecule has 0 aliphatic rings. The van der Waals surface area contributed by atoms with Crippen molar-refractivity contribution in [2.75, 3.05) is 6.54 Å². The molecule has 0 radical (unpaired) electrons. The number of rotatable bonds is 6. The summed E-state index contributed by atoms with van der Waals surface area (Å²) >= 11 is 0. The Bertz CT molecular complexity index is 529. The Hall–Kier alpha value is -2.44. The Balaban J connectivity index is 2.44. The van der Waals surface area contributed by atoms with E-state index in [4.69, 9.17) is 5.73 Å². The number of primary amides is 1. The van der Waals surface area contributed by atoms with Crippen LogP contribution in [0.3, 0.4) is 0 Å². The average molecular weight is 293 g/mol. The highest BCUT2D eigenvalue weighted by Gasteiger charge is 2.14. The van der Waals surface area contributed by atoms with Gasteiger partial charge in [-0.05, 0) is 18.4 Å². The lowest BCUT2D eigenvalue weighted by Gasteiger charge is -2.07. The van der Waals surface area contributed by atoms with E-state index in [1.807, 2.05) is 13.8 Å². The van der Waals surface area contributed by atoms with Crippen LogP contribution in [0.2, 0.25) is 0 Å². The summed E-state index contributed by atoms with van der Waals surface area (Å²) in [5, 5.41) is 4.83. The smallest absolute Gasteiger partial charge is 0.321 e. The molecule has 0 unspecified atom stereocenters. The van der Waals surface area contributed by atoms with Gasteiger partial charge >= 0.3 is 6.03 Å². The summed E-state index contributed by atoms with van der Waals surface area (Å²) in [6.07, 6.45) is 3.91. The molecule has 114 valence electrons. The van der Waals surface area contributed by atoms with Gasteiger partial charge in [0.05, 0.1) is 0 Å². The summed E-state index contributed by atoms with van der Waals surface area (Å²) in [5.41, 5.74) is 5.45. The molecule has 0 aromatic carbocycles. The fourth-order valence-electron chi connectivity index (χ4n) is 1.62. The topological polar surface area (TPSA) is 105 Å². The van der Waals surface area contributed by atoms with Crippen molar-refractivity contribution in [3.05, 3.63) is 30.1 Å². The van der Waals surface area contributed by atoms with Gasteiger partial charge in [-0.15, -0.1) is 0 Å². The van der Waals surface area contributed by atoms with E-state index in [0.29, 0.717) is 18.0 Å². The summed E-state index contributed by atoms with van der Waals surface area (Å²) in [6.45, 7) is 4.54. The van der Waals surface area contributed by atoms with Crippen LogP contribution in [0, 0.1) is 5.92 Å². The van der Waals surface area contributed by atoms with Gasteiger partial charge in [-0.1, -0.05) is 13.8 Å². The summed E-state index contributed by atoms with van der Waals surface area (Å²) < 4.78 is 1.48. The van der Waals surface area contributed by atoms with Gasteiger partial charge in [0, 0.05) is 12.6 Å². The third-order valence-corrected chi connectivity index (χ3v) is 2.73. The van der Waals surface area contributed by atoms with Crippen molar-refractivity contribution < 1.29 is 19.0 Å². The van der Waals surface area contributed by atoms with E-state index >= 15 is 0 Å². The number of imide groups is 1. The first-order valence-corrected chi connectivity index (χ1v) is 6.75. The summed E-state index contributed by atoms with van der Waals surface area (Å²) in [7, 11) is 0. The van der Waals surface area contributed by atoms with Gasteiger partial charge in [0.1, 0.15) is 5.56 Å². The number of hydrogen-bond acceptors (Lipinski definition) is 3. The van der Waals surface area contributed by atoms with Crippen molar-refractivity contribution in [1.29, 1.82) is 0 Å². The lowest BCUT2D eigenvalue weighted by atomic mass is 10.1. The minimum Gasteiger partial charge on any atom is -0.365 e. The SMILES string of the molecule is CC(C)CCNC(=O)NC(=O)C[n+]1cccc(C(N)=O)c1. The molecule has 0 spiro atoms. The second-order valence-electron chi connectivity index (χ2n) is 5.12. The maximum atomic E-state index is 11.7. The lowest BCUT2D eigenvalue weighted by molar-refractivity contribution is -0.684. The maximum absolute atomic E-state index is 11.7. The first-order chi connectivity index (χ1) is 9.88. The van der Waals surface area contributed by atoms with Crippen LogP contribution in [0.15, 0.2) is 24.5 Å². The Labute approximate surface area is 123 Å². The second kappa shape index (κ2) is 7.98. The number of carbonyl (C=O) groups is 3. The standard InChI is InChI=1S/C14H20N4O3/c1-10(2)5-6-16-14(21)17-12(19)9-18-7-3-4-11(8-18)13(15)20/h3-4,7-8,10H,5-6,9H2,1-2H3,(H3-,15,16,17,19,20,21)/p+1. The molecular weight excluding hydrogens is 272 g/mol. The third kappa shape index (κ3) is 6.51. The molecule has 0 aliphatic heterocycles. The van der Waals surface area contributed by atoms with E-state index in [2.05, 4.69) is 10.6 Å². The molecule has 4 N–H and O–H groups in total. The molecule has 0 saturated carbocycles. The first-order valence-electron chi connectivity index (χ1n) is 6.75. The number of urea groups is 1. The molecule has 7 heteroatoms. The molecule has 0 atom stereocenters. The zero-order valence-electron chi connectivity index (χ0n) is 12.3. The molecule has 0 saturated heterocycles. The van der Waals surface area contributed by atoms with Crippen LogP contribution < -0.4 is 20.9 Å². The number of amides is 4. The van der Waals surface area contributed by atoms with E-state index in [1.165, 1.54) is 10.8 Å². The van der Waals surface area contributed by atoms with Crippen LogP contribution in [-0.2, 0) is 11.3 Å². The molecule has 0 bridgehead atoms. The molecule has 1 aromatic rings. The van der Waals surface area contributed by atoms with Gasteiger partial charge in [-0.2, -0.15) is 4.57 Å². The van der Waals surface area contributed by atoms with Gasteiger partial charge in [0.2, 0.25) is 6.54 Å². The van der Waals surface area contributed by atoms with E-state index in [1.54, 1.807) is 18.3 Å². The van der Waals surface area contributed by atoms with Crippen molar-refractivity contribution in [1.82, 2.24) is 10.6 Å². The minimum atomic E-state index is -0.573. The van der Waals surface area contributed by atoms with Crippen LogP contribution in [0.4, 0.5) is 4.79 Å². The second-order valence-corrected chi connectivity index (χ2v) is 5.12. The summed E-state index contributed by atoms with van der Waals surface area (Å²) in [5.74, 6) is -0.562. The lowest BCUT2D eigenvalue weighted by Crippen LogP contribution is -2.47. The van der Waals surface area contributed by atoms with Crippen molar-refractivity contribution in [2.45, 2.75) is 26.8 Å². The van der Waals surface area contributed by atoms with E-state index in [0.717, 1.165) is 6.42 Å². The number of nitrogens with one attached hydrogen (secondary N) is 2. The molecular formula is C14H21N4O3+. The highest BCUT2D eigenvalue weighted by Crippen LogP contribution is 1.96. The van der Waals surface area contributed by atoms with Gasteiger partial charge in [0.25, 0.3) is 11.8 Å². The molecule has 1 aromatic heterocycles. The minimum absolute atomic E-state index is 0.0707. The fraction of sp³-hybridized carbons (Fsp3) is 0.429. The predicted molar refractivity (Wildman–Crippen MR) is 76.2 cm³/mol. The van der Waals surface area contributed by atoms with E-state index in [-0.39, 0.29) is 6.54 Å². The fourth-order valence-corrected chi connectivity index (χ4v) is 1.62. The number of hydrogen-bond donors (Lipinski definition) is 3. The van der Waals surface area contributed by atoms with Crippen molar-refractivity contribution in [3.63, 3.8) is 0 Å². The first kappa shape index (κ1) is 16.6. The maximum Gasteiger partial charge on any atom is 0.321 e. The monoisotopic (exact) mass is 293 g/mol. The third-order valence-electron chi connectivity index (χ3n) is 2.73. The zero-order chi connectivity index (χ0) is 15.8. The Morgan fingerprint density at radius 2 is 2.05 bits per heavy atom. The number of carbonyl (C=O) groups excluding carboxylic acids is 3. The molecule has 21 heavy (non-hydrogen) atoms. The van der Waals surface area contributed by atoms with Crippen molar-refractivity contribution in [3.8, 4) is 0 Å². The molecule has 4 amide bonds. The van der Waals surface area contributed by atoms with Crippen LogP contribution in [0.5, 0.6) is 0 Å². The summed E-state index contributed by atoms with van der Waals surface area (Å²) in [4.78, 5) is 34.2. The number of aromatic nitrogens is 1.